The first-order valence-corrected chi connectivity index (χ1v) is 5.42. The molecule has 92 valence electrons. The Balaban J connectivity index is 2.06. The second kappa shape index (κ2) is 5.22. The maximum atomic E-state index is 10.6. The SMILES string of the molecule is Cc1cnnc(NCc2cccc([N+](=O)[O-])c2)c1. The van der Waals surface area contributed by atoms with E-state index in [1.807, 2.05) is 19.1 Å². The van der Waals surface area contributed by atoms with E-state index in [0.717, 1.165) is 11.1 Å². The van der Waals surface area contributed by atoms with E-state index in [-0.39, 0.29) is 5.69 Å². The number of nitrogens with one attached hydrogen (secondary N) is 1. The third-order valence-electron chi connectivity index (χ3n) is 2.39. The van der Waals surface area contributed by atoms with Gasteiger partial charge in [-0.1, -0.05) is 12.1 Å². The zero-order valence-electron chi connectivity index (χ0n) is 9.83. The zero-order valence-corrected chi connectivity index (χ0v) is 9.83. The smallest absolute Gasteiger partial charge is 0.269 e. The number of hydrogen-bond donors (Lipinski definition) is 1. The summed E-state index contributed by atoms with van der Waals surface area (Å²) in [5.41, 5.74) is 1.92. The van der Waals surface area contributed by atoms with Crippen LogP contribution in [0.2, 0.25) is 0 Å². The molecular formula is C12H12N4O2. The van der Waals surface area contributed by atoms with Crippen molar-refractivity contribution in [1.82, 2.24) is 10.2 Å². The second-order valence-electron chi connectivity index (χ2n) is 3.90. The van der Waals surface area contributed by atoms with Gasteiger partial charge in [0.15, 0.2) is 0 Å². The highest BCUT2D eigenvalue weighted by molar-refractivity contribution is 5.39. The molecular weight excluding hydrogens is 232 g/mol. The molecule has 18 heavy (non-hydrogen) atoms. The minimum atomic E-state index is -0.407. The molecule has 6 nitrogen and oxygen atoms in total. The van der Waals surface area contributed by atoms with Crippen molar-refractivity contribution < 1.29 is 4.92 Å². The van der Waals surface area contributed by atoms with Gasteiger partial charge in [-0.3, -0.25) is 10.1 Å². The summed E-state index contributed by atoms with van der Waals surface area (Å²) in [7, 11) is 0. The molecule has 0 saturated heterocycles. The molecule has 0 spiro atoms. The van der Waals surface area contributed by atoms with E-state index >= 15 is 0 Å². The van der Waals surface area contributed by atoms with Gasteiger partial charge in [0.1, 0.15) is 5.82 Å². The van der Waals surface area contributed by atoms with E-state index in [0.29, 0.717) is 12.4 Å². The molecule has 0 amide bonds. The molecule has 0 aliphatic carbocycles. The molecule has 0 aliphatic rings. The van der Waals surface area contributed by atoms with Crippen LogP contribution < -0.4 is 5.32 Å². The average molecular weight is 244 g/mol. The van der Waals surface area contributed by atoms with E-state index < -0.39 is 4.92 Å². The van der Waals surface area contributed by atoms with Gasteiger partial charge < -0.3 is 5.32 Å². The van der Waals surface area contributed by atoms with Crippen LogP contribution in [0.4, 0.5) is 11.5 Å². The van der Waals surface area contributed by atoms with Crippen molar-refractivity contribution in [2.24, 2.45) is 0 Å². The first-order chi connectivity index (χ1) is 8.65. The fourth-order valence-corrected chi connectivity index (χ4v) is 1.52. The van der Waals surface area contributed by atoms with Gasteiger partial charge in [0.2, 0.25) is 0 Å². The van der Waals surface area contributed by atoms with Crippen molar-refractivity contribution in [2.45, 2.75) is 13.5 Å². The van der Waals surface area contributed by atoms with Crippen molar-refractivity contribution in [2.75, 3.05) is 5.32 Å². The van der Waals surface area contributed by atoms with E-state index in [1.54, 1.807) is 12.3 Å². The summed E-state index contributed by atoms with van der Waals surface area (Å²) in [5, 5.41) is 21.4. The summed E-state index contributed by atoms with van der Waals surface area (Å²) in [6.07, 6.45) is 1.67. The first kappa shape index (κ1) is 12.0. The van der Waals surface area contributed by atoms with Crippen LogP contribution in [0, 0.1) is 17.0 Å². The standard InChI is InChI=1S/C12H12N4O2/c1-9-5-12(15-14-7-9)13-8-10-3-2-4-11(6-10)16(17)18/h2-7H,8H2,1H3,(H,13,15). The third-order valence-corrected chi connectivity index (χ3v) is 2.39. The lowest BCUT2D eigenvalue weighted by Gasteiger charge is -2.05. The molecule has 0 unspecified atom stereocenters. The number of nitrogens with zero attached hydrogens (tertiary/aromatic N) is 3. The molecule has 0 bridgehead atoms. The molecule has 1 N–H and O–H groups in total. The van der Waals surface area contributed by atoms with Crippen LogP contribution in [0.15, 0.2) is 36.5 Å². The molecule has 0 radical (unpaired) electrons. The van der Waals surface area contributed by atoms with Crippen molar-refractivity contribution >= 4 is 11.5 Å². The van der Waals surface area contributed by atoms with Crippen LogP contribution in [0.1, 0.15) is 11.1 Å². The Kier molecular flexibility index (Phi) is 3.47. The van der Waals surface area contributed by atoms with Crippen LogP contribution in [-0.2, 0) is 6.54 Å². The Labute approximate surface area is 104 Å². The highest BCUT2D eigenvalue weighted by Crippen LogP contribution is 2.14. The molecule has 1 aromatic carbocycles. The Morgan fingerprint density at radius 3 is 2.94 bits per heavy atom. The number of nitro benzene ring substituents is 1. The predicted molar refractivity (Wildman–Crippen MR) is 67.2 cm³/mol. The quantitative estimate of drug-likeness (QED) is 0.659. The summed E-state index contributed by atoms with van der Waals surface area (Å²) in [6.45, 7) is 2.40. The number of rotatable bonds is 4. The van der Waals surface area contributed by atoms with Gasteiger partial charge in [-0.05, 0) is 24.1 Å². The normalized spacial score (nSPS) is 10.1. The van der Waals surface area contributed by atoms with E-state index in [1.165, 1.54) is 12.1 Å². The molecule has 1 aromatic heterocycles. The molecule has 0 aliphatic heterocycles. The minimum Gasteiger partial charge on any atom is -0.364 e. The number of hydrogen-bond acceptors (Lipinski definition) is 5. The van der Waals surface area contributed by atoms with Crippen LogP contribution >= 0.6 is 0 Å². The monoisotopic (exact) mass is 244 g/mol. The van der Waals surface area contributed by atoms with Crippen molar-refractivity contribution in [3.05, 3.63) is 57.8 Å². The lowest BCUT2D eigenvalue weighted by atomic mass is 10.2. The van der Waals surface area contributed by atoms with Crippen molar-refractivity contribution in [1.29, 1.82) is 0 Å². The molecule has 6 heteroatoms. The van der Waals surface area contributed by atoms with Crippen LogP contribution in [0.25, 0.3) is 0 Å². The largest absolute Gasteiger partial charge is 0.364 e. The average Bonchev–Trinajstić information content (AvgIpc) is 2.37. The zero-order chi connectivity index (χ0) is 13.0. The summed E-state index contributed by atoms with van der Waals surface area (Å²) < 4.78 is 0. The number of aryl methyl sites for hydroxylation is 1. The maximum Gasteiger partial charge on any atom is 0.269 e. The topological polar surface area (TPSA) is 81.0 Å². The minimum absolute atomic E-state index is 0.0876. The van der Waals surface area contributed by atoms with Gasteiger partial charge in [0, 0.05) is 18.7 Å². The summed E-state index contributed by atoms with van der Waals surface area (Å²) in [6, 6.07) is 8.36. The predicted octanol–water partition coefficient (Wildman–Crippen LogP) is 2.31. The van der Waals surface area contributed by atoms with Gasteiger partial charge >= 0.3 is 0 Å². The van der Waals surface area contributed by atoms with Gasteiger partial charge in [-0.15, -0.1) is 5.10 Å². The van der Waals surface area contributed by atoms with Gasteiger partial charge in [0.25, 0.3) is 5.69 Å². The van der Waals surface area contributed by atoms with Crippen molar-refractivity contribution in [3.63, 3.8) is 0 Å². The Hall–Kier alpha value is -2.50. The Morgan fingerprint density at radius 2 is 2.22 bits per heavy atom. The van der Waals surface area contributed by atoms with Gasteiger partial charge in [-0.25, -0.2) is 0 Å². The van der Waals surface area contributed by atoms with E-state index in [2.05, 4.69) is 15.5 Å². The molecule has 2 aromatic rings. The summed E-state index contributed by atoms with van der Waals surface area (Å²) >= 11 is 0. The van der Waals surface area contributed by atoms with Crippen LogP contribution in [0.5, 0.6) is 0 Å². The molecule has 2 rings (SSSR count). The fourth-order valence-electron chi connectivity index (χ4n) is 1.52. The van der Waals surface area contributed by atoms with Gasteiger partial charge in [0.05, 0.1) is 11.1 Å². The number of aromatic nitrogens is 2. The molecule has 0 saturated carbocycles. The Morgan fingerprint density at radius 1 is 1.39 bits per heavy atom. The maximum absolute atomic E-state index is 10.6. The number of nitro groups is 1. The summed E-state index contributed by atoms with van der Waals surface area (Å²) in [5.74, 6) is 0.654. The lowest BCUT2D eigenvalue weighted by Crippen LogP contribution is -2.03. The summed E-state index contributed by atoms with van der Waals surface area (Å²) in [4.78, 5) is 10.2. The van der Waals surface area contributed by atoms with Crippen LogP contribution in [-0.4, -0.2) is 15.1 Å². The van der Waals surface area contributed by atoms with E-state index in [9.17, 15) is 10.1 Å². The Bertz CT molecular complexity index is 572. The molecule has 1 heterocycles. The number of benzene rings is 1. The highest BCUT2D eigenvalue weighted by atomic mass is 16.6. The third kappa shape index (κ3) is 3.00. The van der Waals surface area contributed by atoms with E-state index in [4.69, 9.17) is 0 Å². The first-order valence-electron chi connectivity index (χ1n) is 5.42. The lowest BCUT2D eigenvalue weighted by molar-refractivity contribution is -0.384. The fraction of sp³-hybridized carbons (Fsp3) is 0.167. The van der Waals surface area contributed by atoms with Gasteiger partial charge in [-0.2, -0.15) is 5.10 Å². The molecule has 0 fully saturated rings. The molecule has 0 atom stereocenters. The van der Waals surface area contributed by atoms with Crippen LogP contribution in [0.3, 0.4) is 0 Å². The number of non-ortho nitro benzene ring substituents is 1. The second-order valence-corrected chi connectivity index (χ2v) is 3.90. The number of anilines is 1. The van der Waals surface area contributed by atoms with Crippen molar-refractivity contribution in [3.8, 4) is 0 Å². The highest BCUT2D eigenvalue weighted by Gasteiger charge is 2.05.